The molecule has 0 aliphatic heterocycles. The summed E-state index contributed by atoms with van der Waals surface area (Å²) in [5, 5.41) is 7.99. The van der Waals surface area contributed by atoms with Crippen LogP contribution in [0.4, 0.5) is 0 Å². The van der Waals surface area contributed by atoms with Gasteiger partial charge in [0, 0.05) is 38.9 Å². The highest BCUT2D eigenvalue weighted by Gasteiger charge is 2.15. The molecule has 7 nitrogen and oxygen atoms in total. The molecular formula is C22H35N5O2. The van der Waals surface area contributed by atoms with Gasteiger partial charge >= 0.3 is 0 Å². The van der Waals surface area contributed by atoms with E-state index < -0.39 is 0 Å². The Hall–Kier alpha value is -2.70. The molecule has 0 fully saturated rings. The lowest BCUT2D eigenvalue weighted by Gasteiger charge is -2.22. The number of hydrogen-bond acceptors (Lipinski definition) is 4. The van der Waals surface area contributed by atoms with Crippen molar-refractivity contribution in [2.24, 2.45) is 12.0 Å². The van der Waals surface area contributed by atoms with E-state index >= 15 is 0 Å². The van der Waals surface area contributed by atoms with E-state index in [1.807, 2.05) is 36.9 Å². The third-order valence-electron chi connectivity index (χ3n) is 4.53. The fourth-order valence-electron chi connectivity index (χ4n) is 3.22. The molecule has 160 valence electrons. The lowest BCUT2D eigenvalue weighted by Crippen LogP contribution is -2.38. The van der Waals surface area contributed by atoms with E-state index in [-0.39, 0.29) is 0 Å². The lowest BCUT2D eigenvalue weighted by atomic mass is 10.1. The molecule has 0 atom stereocenters. The Morgan fingerprint density at radius 2 is 2.03 bits per heavy atom. The zero-order valence-corrected chi connectivity index (χ0v) is 18.8. The number of nitrogens with one attached hydrogen (secondary N) is 1. The number of aryl methyl sites for hydroxylation is 1. The van der Waals surface area contributed by atoms with Crippen LogP contribution in [-0.2, 0) is 20.1 Å². The largest absolute Gasteiger partial charge is 0.493 e. The van der Waals surface area contributed by atoms with E-state index in [4.69, 9.17) is 14.5 Å². The second-order valence-corrected chi connectivity index (χ2v) is 7.31. The van der Waals surface area contributed by atoms with Gasteiger partial charge in [0.1, 0.15) is 0 Å². The molecule has 0 spiro atoms. The summed E-state index contributed by atoms with van der Waals surface area (Å²) in [6.45, 7) is 11.1. The molecule has 0 unspecified atom stereocenters. The smallest absolute Gasteiger partial charge is 0.194 e. The van der Waals surface area contributed by atoms with Gasteiger partial charge in [-0.05, 0) is 37.5 Å². The molecule has 1 N–H and O–H groups in total. The van der Waals surface area contributed by atoms with E-state index in [0.717, 1.165) is 41.8 Å². The van der Waals surface area contributed by atoms with Crippen LogP contribution in [0.2, 0.25) is 0 Å². The van der Waals surface area contributed by atoms with Crippen molar-refractivity contribution in [2.75, 3.05) is 27.3 Å². The lowest BCUT2D eigenvalue weighted by molar-refractivity contribution is 0.310. The quantitative estimate of drug-likeness (QED) is 0.514. The number of ether oxygens (including phenoxy) is 2. The monoisotopic (exact) mass is 401 g/mol. The van der Waals surface area contributed by atoms with Crippen molar-refractivity contribution in [1.82, 2.24) is 20.0 Å². The average molecular weight is 402 g/mol. The van der Waals surface area contributed by atoms with E-state index in [1.165, 1.54) is 5.56 Å². The van der Waals surface area contributed by atoms with Crippen LogP contribution in [0.15, 0.2) is 29.4 Å². The van der Waals surface area contributed by atoms with Crippen molar-refractivity contribution in [3.63, 3.8) is 0 Å². The minimum absolute atomic E-state index is 0.385. The van der Waals surface area contributed by atoms with Crippen LogP contribution in [-0.4, -0.2) is 47.9 Å². The number of rotatable bonds is 9. The molecule has 0 bridgehead atoms. The Morgan fingerprint density at radius 3 is 2.66 bits per heavy atom. The third kappa shape index (κ3) is 6.14. The van der Waals surface area contributed by atoms with Crippen molar-refractivity contribution in [2.45, 2.75) is 46.7 Å². The first kappa shape index (κ1) is 22.6. The van der Waals surface area contributed by atoms with Crippen LogP contribution in [0, 0.1) is 0 Å². The van der Waals surface area contributed by atoms with Crippen LogP contribution in [0.1, 0.15) is 50.4 Å². The van der Waals surface area contributed by atoms with Crippen molar-refractivity contribution >= 4 is 5.96 Å². The molecule has 2 rings (SSSR count). The Labute approximate surface area is 174 Å². The van der Waals surface area contributed by atoms with Crippen LogP contribution < -0.4 is 14.8 Å². The summed E-state index contributed by atoms with van der Waals surface area (Å²) in [4.78, 5) is 6.96. The molecule has 0 radical (unpaired) electrons. The first-order chi connectivity index (χ1) is 13.9. The number of hydrogen-bond donors (Lipinski definition) is 1. The minimum Gasteiger partial charge on any atom is -0.493 e. The Balaban J connectivity index is 2.18. The predicted molar refractivity (Wildman–Crippen MR) is 118 cm³/mol. The molecule has 0 saturated heterocycles. The molecule has 7 heteroatoms. The van der Waals surface area contributed by atoms with Gasteiger partial charge in [0.25, 0.3) is 0 Å². The minimum atomic E-state index is 0.385. The molecule has 2 aromatic rings. The van der Waals surface area contributed by atoms with Crippen LogP contribution in [0.25, 0.3) is 0 Å². The highest BCUT2D eigenvalue weighted by molar-refractivity contribution is 5.79. The van der Waals surface area contributed by atoms with Gasteiger partial charge in [-0.3, -0.25) is 4.68 Å². The molecule has 1 aromatic heterocycles. The Bertz CT molecular complexity index is 814. The first-order valence-electron chi connectivity index (χ1n) is 10.2. The molecule has 29 heavy (non-hydrogen) atoms. The number of nitrogens with zero attached hydrogens (tertiary/aromatic N) is 4. The first-order valence-corrected chi connectivity index (χ1v) is 10.2. The summed E-state index contributed by atoms with van der Waals surface area (Å²) in [7, 11) is 5.67. The Morgan fingerprint density at radius 1 is 1.28 bits per heavy atom. The molecule has 1 heterocycles. The van der Waals surface area contributed by atoms with Crippen molar-refractivity contribution < 1.29 is 9.47 Å². The van der Waals surface area contributed by atoms with Gasteiger partial charge in [0.05, 0.1) is 26.0 Å². The Kier molecular flexibility index (Phi) is 8.36. The number of aromatic nitrogens is 2. The molecular weight excluding hydrogens is 366 g/mol. The maximum atomic E-state index is 5.68. The van der Waals surface area contributed by atoms with Gasteiger partial charge in [-0.25, -0.2) is 4.99 Å². The van der Waals surface area contributed by atoms with Gasteiger partial charge in [-0.2, -0.15) is 5.10 Å². The molecule has 0 amide bonds. The highest BCUT2D eigenvalue weighted by Crippen LogP contribution is 2.28. The second kappa shape index (κ2) is 10.7. The molecule has 1 aromatic carbocycles. The fraction of sp³-hybridized carbons (Fsp3) is 0.545. The van der Waals surface area contributed by atoms with Crippen LogP contribution in [0.3, 0.4) is 0 Å². The normalized spacial score (nSPS) is 11.7. The summed E-state index contributed by atoms with van der Waals surface area (Å²) >= 11 is 0. The second-order valence-electron chi connectivity index (χ2n) is 7.31. The zero-order valence-electron chi connectivity index (χ0n) is 18.8. The topological polar surface area (TPSA) is 63.9 Å². The van der Waals surface area contributed by atoms with Crippen molar-refractivity contribution in [3.8, 4) is 11.5 Å². The summed E-state index contributed by atoms with van der Waals surface area (Å²) < 4.78 is 12.9. The third-order valence-corrected chi connectivity index (χ3v) is 4.53. The zero-order chi connectivity index (χ0) is 21.4. The summed E-state index contributed by atoms with van der Waals surface area (Å²) in [5.41, 5.74) is 3.42. The van der Waals surface area contributed by atoms with E-state index in [0.29, 0.717) is 19.1 Å². The van der Waals surface area contributed by atoms with Gasteiger partial charge in [-0.1, -0.05) is 19.9 Å². The number of guanidine groups is 1. The SMILES string of the molecule is CCNC(=NCc1ccc(OC)c(OCC)c1)N(C)Cc1cn(C)nc1C(C)C. The standard InChI is InChI=1S/C22H35N5O2/c1-8-23-22(26(5)14-18-15-27(6)25-21(18)16(3)4)24-13-17-10-11-19(28-7)20(12-17)29-9-2/h10-12,15-16H,8-9,13-14H2,1-7H3,(H,23,24). The maximum absolute atomic E-state index is 5.68. The average Bonchev–Trinajstić information content (AvgIpc) is 3.06. The van der Waals surface area contributed by atoms with E-state index in [1.54, 1.807) is 7.11 Å². The summed E-state index contributed by atoms with van der Waals surface area (Å²) in [5.74, 6) is 2.73. The number of aliphatic imine (C=N–C) groups is 1. The fourth-order valence-corrected chi connectivity index (χ4v) is 3.22. The van der Waals surface area contributed by atoms with Gasteiger partial charge in [-0.15, -0.1) is 0 Å². The maximum Gasteiger partial charge on any atom is 0.194 e. The predicted octanol–water partition coefficient (Wildman–Crippen LogP) is 3.55. The van der Waals surface area contributed by atoms with E-state index in [2.05, 4.69) is 49.3 Å². The summed E-state index contributed by atoms with van der Waals surface area (Å²) in [6.07, 6.45) is 2.09. The molecule has 0 aliphatic rings. The van der Waals surface area contributed by atoms with Gasteiger partial charge < -0.3 is 19.7 Å². The van der Waals surface area contributed by atoms with Crippen molar-refractivity contribution in [3.05, 3.63) is 41.2 Å². The summed E-state index contributed by atoms with van der Waals surface area (Å²) in [6, 6.07) is 5.94. The highest BCUT2D eigenvalue weighted by atomic mass is 16.5. The van der Waals surface area contributed by atoms with Crippen molar-refractivity contribution in [1.29, 1.82) is 0 Å². The number of benzene rings is 1. The molecule has 0 saturated carbocycles. The molecule has 0 aliphatic carbocycles. The van der Waals surface area contributed by atoms with Gasteiger partial charge in [0.2, 0.25) is 0 Å². The van der Waals surface area contributed by atoms with Gasteiger partial charge in [0.15, 0.2) is 17.5 Å². The van der Waals surface area contributed by atoms with Crippen LogP contribution in [0.5, 0.6) is 11.5 Å². The number of methoxy groups -OCH3 is 1. The van der Waals surface area contributed by atoms with E-state index in [9.17, 15) is 0 Å². The van der Waals surface area contributed by atoms with Crippen LogP contribution >= 0.6 is 0 Å².